The maximum absolute atomic E-state index is 12.7. The molecule has 0 bridgehead atoms. The van der Waals surface area contributed by atoms with E-state index in [1.54, 1.807) is 29.2 Å². The van der Waals surface area contributed by atoms with Gasteiger partial charge in [-0.3, -0.25) is 9.69 Å². The number of aromatic nitrogens is 3. The van der Waals surface area contributed by atoms with Crippen LogP contribution in [0.5, 0.6) is 5.88 Å². The highest BCUT2D eigenvalue weighted by Crippen LogP contribution is 2.43. The molecule has 1 aromatic heterocycles. The van der Waals surface area contributed by atoms with Crippen molar-refractivity contribution in [2.75, 3.05) is 18.3 Å². The quantitative estimate of drug-likeness (QED) is 0.468. The van der Waals surface area contributed by atoms with Gasteiger partial charge in [0.2, 0.25) is 23.2 Å². The van der Waals surface area contributed by atoms with E-state index in [2.05, 4.69) is 15.2 Å². The van der Waals surface area contributed by atoms with Crippen molar-refractivity contribution in [3.63, 3.8) is 0 Å². The average molecular weight is 422 g/mol. The van der Waals surface area contributed by atoms with Crippen LogP contribution < -0.4 is 9.64 Å². The zero-order valence-electron chi connectivity index (χ0n) is 16.5. The van der Waals surface area contributed by atoms with Crippen molar-refractivity contribution < 1.29 is 19.1 Å². The Kier molecular flexibility index (Phi) is 5.37. The summed E-state index contributed by atoms with van der Waals surface area (Å²) >= 11 is 1.34. The number of fused-ring (bicyclic) bond motifs is 3. The summed E-state index contributed by atoms with van der Waals surface area (Å²) in [5.74, 6) is -0.369. The SMILES string of the molecule is COC(=O)c1ccc([C@@H]2Oc3nc(SC)nnc3-c3ccccc3N2C(C)=O)cc1. The second-order valence-corrected chi connectivity index (χ2v) is 7.22. The fraction of sp³-hybridized carbons (Fsp3) is 0.190. The number of esters is 1. The van der Waals surface area contributed by atoms with Gasteiger partial charge in [0.25, 0.3) is 0 Å². The monoisotopic (exact) mass is 422 g/mol. The summed E-state index contributed by atoms with van der Waals surface area (Å²) in [6.45, 7) is 1.47. The van der Waals surface area contributed by atoms with Crippen LogP contribution in [-0.4, -0.2) is 40.4 Å². The van der Waals surface area contributed by atoms with E-state index >= 15 is 0 Å². The molecular formula is C21H18N4O4S. The third-order valence-corrected chi connectivity index (χ3v) is 5.19. The van der Waals surface area contributed by atoms with Crippen LogP contribution in [0.3, 0.4) is 0 Å². The molecule has 4 rings (SSSR count). The van der Waals surface area contributed by atoms with Gasteiger partial charge in [-0.2, -0.15) is 4.98 Å². The summed E-state index contributed by atoms with van der Waals surface area (Å²) < 4.78 is 11.0. The number of hydrogen-bond acceptors (Lipinski definition) is 8. The van der Waals surface area contributed by atoms with Crippen molar-refractivity contribution in [3.05, 3.63) is 59.7 Å². The van der Waals surface area contributed by atoms with E-state index in [0.29, 0.717) is 33.2 Å². The molecule has 1 aliphatic heterocycles. The number of methoxy groups -OCH3 is 1. The van der Waals surface area contributed by atoms with Crippen molar-refractivity contribution in [2.45, 2.75) is 18.3 Å². The minimum Gasteiger partial charge on any atom is -0.465 e. The molecular weight excluding hydrogens is 404 g/mol. The Balaban J connectivity index is 1.89. The minimum atomic E-state index is -0.803. The number of ether oxygens (including phenoxy) is 2. The van der Waals surface area contributed by atoms with Crippen LogP contribution >= 0.6 is 11.8 Å². The number of hydrogen-bond donors (Lipinski definition) is 0. The van der Waals surface area contributed by atoms with Gasteiger partial charge in [0.15, 0.2) is 5.69 Å². The van der Waals surface area contributed by atoms with Gasteiger partial charge < -0.3 is 9.47 Å². The van der Waals surface area contributed by atoms with E-state index in [1.807, 2.05) is 30.5 Å². The lowest BCUT2D eigenvalue weighted by atomic mass is 10.1. The van der Waals surface area contributed by atoms with Crippen molar-refractivity contribution in [1.29, 1.82) is 0 Å². The second-order valence-electron chi connectivity index (χ2n) is 6.44. The topological polar surface area (TPSA) is 94.5 Å². The molecule has 0 radical (unpaired) electrons. The number of thioether (sulfide) groups is 1. The Morgan fingerprint density at radius 3 is 2.50 bits per heavy atom. The Bertz CT molecular complexity index is 1120. The lowest BCUT2D eigenvalue weighted by Crippen LogP contribution is -2.36. The highest BCUT2D eigenvalue weighted by molar-refractivity contribution is 7.98. The average Bonchev–Trinajstić information content (AvgIpc) is 2.92. The molecule has 1 aliphatic rings. The molecule has 2 heterocycles. The summed E-state index contributed by atoms with van der Waals surface area (Å²) in [7, 11) is 1.33. The van der Waals surface area contributed by atoms with Gasteiger partial charge in [-0.15, -0.1) is 10.2 Å². The van der Waals surface area contributed by atoms with Crippen LogP contribution in [0.2, 0.25) is 0 Å². The summed E-state index contributed by atoms with van der Waals surface area (Å²) in [6.07, 6.45) is 1.04. The standard InChI is InChI=1S/C21H18N4O4S/c1-12(26)25-16-7-5-4-6-15(16)17-18(22-21(30-3)24-23-17)29-19(25)13-8-10-14(11-9-13)20(27)28-2/h4-11,19H,1-3H3/t19-/m0/s1. The molecule has 2 aromatic carbocycles. The second kappa shape index (κ2) is 8.11. The van der Waals surface area contributed by atoms with Gasteiger partial charge >= 0.3 is 5.97 Å². The number of carbonyl (C=O) groups excluding carboxylic acids is 2. The molecule has 8 nitrogen and oxygen atoms in total. The summed E-state index contributed by atoms with van der Waals surface area (Å²) in [6, 6.07) is 14.1. The first kappa shape index (κ1) is 19.8. The predicted molar refractivity (Wildman–Crippen MR) is 111 cm³/mol. The lowest BCUT2D eigenvalue weighted by Gasteiger charge is -2.29. The van der Waals surface area contributed by atoms with Crippen LogP contribution in [0.1, 0.15) is 29.1 Å². The van der Waals surface area contributed by atoms with Crippen molar-refractivity contribution in [2.24, 2.45) is 0 Å². The number of carbonyl (C=O) groups is 2. The molecule has 0 saturated heterocycles. The Morgan fingerprint density at radius 1 is 1.10 bits per heavy atom. The lowest BCUT2D eigenvalue weighted by molar-refractivity contribution is -0.118. The molecule has 30 heavy (non-hydrogen) atoms. The number of rotatable bonds is 3. The zero-order chi connectivity index (χ0) is 21.3. The van der Waals surface area contributed by atoms with Gasteiger partial charge in [-0.1, -0.05) is 42.1 Å². The fourth-order valence-corrected chi connectivity index (χ4v) is 3.55. The van der Waals surface area contributed by atoms with E-state index in [4.69, 9.17) is 9.47 Å². The number of para-hydroxylation sites is 1. The minimum absolute atomic E-state index is 0.213. The van der Waals surface area contributed by atoms with Gasteiger partial charge in [-0.25, -0.2) is 4.79 Å². The fourth-order valence-electron chi connectivity index (χ4n) is 3.26. The van der Waals surface area contributed by atoms with Gasteiger partial charge in [-0.05, 0) is 24.5 Å². The van der Waals surface area contributed by atoms with E-state index < -0.39 is 12.2 Å². The smallest absolute Gasteiger partial charge is 0.337 e. The largest absolute Gasteiger partial charge is 0.465 e. The molecule has 0 N–H and O–H groups in total. The first-order chi connectivity index (χ1) is 14.5. The predicted octanol–water partition coefficient (Wildman–Crippen LogP) is 3.49. The number of benzene rings is 2. The molecule has 3 aromatic rings. The van der Waals surface area contributed by atoms with Crippen LogP contribution in [0.4, 0.5) is 5.69 Å². The molecule has 9 heteroatoms. The van der Waals surface area contributed by atoms with Crippen molar-refractivity contribution in [3.8, 4) is 17.1 Å². The van der Waals surface area contributed by atoms with Crippen molar-refractivity contribution >= 4 is 29.3 Å². The molecule has 0 saturated carbocycles. The first-order valence-electron chi connectivity index (χ1n) is 9.06. The molecule has 0 aliphatic carbocycles. The molecule has 0 fully saturated rings. The molecule has 0 unspecified atom stereocenters. The maximum atomic E-state index is 12.7. The Hall–Kier alpha value is -3.46. The van der Waals surface area contributed by atoms with Crippen LogP contribution in [0.15, 0.2) is 53.7 Å². The maximum Gasteiger partial charge on any atom is 0.337 e. The zero-order valence-corrected chi connectivity index (χ0v) is 17.3. The highest BCUT2D eigenvalue weighted by atomic mass is 32.2. The summed E-state index contributed by atoms with van der Waals surface area (Å²) in [4.78, 5) is 30.5. The highest BCUT2D eigenvalue weighted by Gasteiger charge is 2.34. The van der Waals surface area contributed by atoms with Gasteiger partial charge in [0.1, 0.15) is 0 Å². The number of amides is 1. The van der Waals surface area contributed by atoms with Crippen LogP contribution in [0.25, 0.3) is 11.3 Å². The van der Waals surface area contributed by atoms with E-state index in [9.17, 15) is 9.59 Å². The van der Waals surface area contributed by atoms with Gasteiger partial charge in [0, 0.05) is 18.1 Å². The van der Waals surface area contributed by atoms with E-state index in [0.717, 1.165) is 0 Å². The molecule has 0 spiro atoms. The molecule has 1 amide bonds. The third kappa shape index (κ3) is 3.48. The van der Waals surface area contributed by atoms with E-state index in [1.165, 1.54) is 25.8 Å². The van der Waals surface area contributed by atoms with E-state index in [-0.39, 0.29) is 11.8 Å². The number of anilines is 1. The first-order valence-corrected chi connectivity index (χ1v) is 10.3. The van der Waals surface area contributed by atoms with Gasteiger partial charge in [0.05, 0.1) is 18.4 Å². The van der Waals surface area contributed by atoms with Crippen LogP contribution in [-0.2, 0) is 9.53 Å². The summed E-state index contributed by atoms with van der Waals surface area (Å²) in [5.41, 5.74) is 2.87. The normalized spacial score (nSPS) is 14.8. The summed E-state index contributed by atoms with van der Waals surface area (Å²) in [5, 5.41) is 8.89. The van der Waals surface area contributed by atoms with Crippen LogP contribution in [0, 0.1) is 0 Å². The Morgan fingerprint density at radius 2 is 1.83 bits per heavy atom. The molecule has 152 valence electrons. The Labute approximate surface area is 177 Å². The van der Waals surface area contributed by atoms with Crippen molar-refractivity contribution in [1.82, 2.24) is 15.2 Å². The molecule has 1 atom stereocenters. The number of nitrogens with zero attached hydrogens (tertiary/aromatic N) is 4. The third-order valence-electron chi connectivity index (χ3n) is 4.65.